The molecule has 0 aliphatic heterocycles. The maximum Gasteiger partial charge on any atom is 0.0958 e. The van der Waals surface area contributed by atoms with E-state index in [1.165, 1.54) is 43.3 Å². The molecule has 5 atom stereocenters. The number of ether oxygens (including phenoxy) is 1. The fraction of sp³-hybridized carbons (Fsp3) is 0.636. The zero-order chi connectivity index (χ0) is 16.2. The van der Waals surface area contributed by atoms with Crippen LogP contribution < -0.4 is 0 Å². The number of hydrogen-bond acceptors (Lipinski definition) is 1. The third kappa shape index (κ3) is 1.94. The highest BCUT2D eigenvalue weighted by Gasteiger charge is 2.56. The first-order chi connectivity index (χ1) is 11.0. The number of fused-ring (bicyclic) bond motifs is 5. The predicted molar refractivity (Wildman–Crippen MR) is 94.5 cm³/mol. The lowest BCUT2D eigenvalue weighted by Gasteiger charge is -2.56. The van der Waals surface area contributed by atoms with Crippen LogP contribution in [0.5, 0.6) is 0 Å². The van der Waals surface area contributed by atoms with Crippen molar-refractivity contribution in [1.82, 2.24) is 0 Å². The molecule has 4 aliphatic carbocycles. The summed E-state index contributed by atoms with van der Waals surface area (Å²) < 4.78 is 5.52. The Morgan fingerprint density at radius 3 is 2.70 bits per heavy atom. The Morgan fingerprint density at radius 1 is 1.13 bits per heavy atom. The van der Waals surface area contributed by atoms with E-state index in [9.17, 15) is 0 Å². The highest BCUT2D eigenvalue weighted by Crippen LogP contribution is 2.64. The van der Waals surface area contributed by atoms with Gasteiger partial charge in [-0.1, -0.05) is 31.9 Å². The number of methoxy groups -OCH3 is 1. The molecule has 0 amide bonds. The molecule has 0 aromatic heterocycles. The highest BCUT2D eigenvalue weighted by atomic mass is 16.5. The van der Waals surface area contributed by atoms with Gasteiger partial charge >= 0.3 is 0 Å². The molecule has 4 aliphatic rings. The lowest BCUT2D eigenvalue weighted by atomic mass is 9.48. The summed E-state index contributed by atoms with van der Waals surface area (Å²) in [4.78, 5) is 0. The minimum absolute atomic E-state index is 0.264. The highest BCUT2D eigenvalue weighted by molar-refractivity contribution is 5.41. The molecular formula is C22H28O. The summed E-state index contributed by atoms with van der Waals surface area (Å²) in [5, 5.41) is 0. The maximum atomic E-state index is 5.80. The average molecular weight is 308 g/mol. The molecule has 0 aromatic rings. The first-order valence-corrected chi connectivity index (χ1v) is 9.15. The van der Waals surface area contributed by atoms with E-state index in [2.05, 4.69) is 38.0 Å². The minimum Gasteiger partial charge on any atom is -0.501 e. The zero-order valence-corrected chi connectivity index (χ0v) is 14.7. The topological polar surface area (TPSA) is 9.23 Å². The molecule has 23 heavy (non-hydrogen) atoms. The van der Waals surface area contributed by atoms with Crippen molar-refractivity contribution in [2.75, 3.05) is 7.11 Å². The largest absolute Gasteiger partial charge is 0.501 e. The molecule has 1 heteroatoms. The van der Waals surface area contributed by atoms with Crippen molar-refractivity contribution >= 4 is 0 Å². The van der Waals surface area contributed by atoms with Crippen LogP contribution in [0.2, 0.25) is 0 Å². The molecule has 0 N–H and O–H groups in total. The molecule has 0 heterocycles. The van der Waals surface area contributed by atoms with Crippen LogP contribution in [0.25, 0.3) is 0 Å². The molecule has 0 spiro atoms. The molecule has 122 valence electrons. The molecule has 1 fully saturated rings. The van der Waals surface area contributed by atoms with Gasteiger partial charge in [-0.2, -0.15) is 0 Å². The van der Waals surface area contributed by atoms with Gasteiger partial charge < -0.3 is 4.74 Å². The molecule has 4 rings (SSSR count). The Labute approximate surface area is 140 Å². The van der Waals surface area contributed by atoms with Gasteiger partial charge in [0.1, 0.15) is 0 Å². The van der Waals surface area contributed by atoms with Crippen LogP contribution in [0.3, 0.4) is 0 Å². The van der Waals surface area contributed by atoms with Crippen LogP contribution in [0.4, 0.5) is 0 Å². The zero-order valence-electron chi connectivity index (χ0n) is 14.7. The Bertz CT molecular complexity index is 658. The Balaban J connectivity index is 1.69. The fourth-order valence-corrected chi connectivity index (χ4v) is 6.25. The van der Waals surface area contributed by atoms with Crippen molar-refractivity contribution in [3.05, 3.63) is 35.1 Å². The van der Waals surface area contributed by atoms with Crippen molar-refractivity contribution in [2.45, 2.75) is 52.4 Å². The second-order valence-corrected chi connectivity index (χ2v) is 8.46. The van der Waals surface area contributed by atoms with E-state index in [-0.39, 0.29) is 5.41 Å². The summed E-state index contributed by atoms with van der Waals surface area (Å²) in [6.45, 7) is 4.93. The van der Waals surface area contributed by atoms with Gasteiger partial charge in [0, 0.05) is 17.4 Å². The van der Waals surface area contributed by atoms with Crippen molar-refractivity contribution in [1.29, 1.82) is 0 Å². The molecule has 3 unspecified atom stereocenters. The average Bonchev–Trinajstić information content (AvgIpc) is 2.90. The van der Waals surface area contributed by atoms with Gasteiger partial charge in [0.2, 0.25) is 0 Å². The molecule has 0 saturated heterocycles. The van der Waals surface area contributed by atoms with E-state index in [1.807, 2.05) is 0 Å². The molecule has 1 nitrogen and oxygen atoms in total. The summed E-state index contributed by atoms with van der Waals surface area (Å²) >= 11 is 0. The monoisotopic (exact) mass is 308 g/mol. The molecular weight excluding hydrogens is 280 g/mol. The van der Waals surface area contributed by atoms with E-state index < -0.39 is 0 Å². The summed E-state index contributed by atoms with van der Waals surface area (Å²) in [6.07, 6.45) is 20.3. The SMILES string of the molecule is C#CC1=CCC2C3CC=C4C=C(OC)CC[C@]4(C)C3CC[C@]12C. The summed E-state index contributed by atoms with van der Waals surface area (Å²) in [5.41, 5.74) is 3.42. The third-order valence-electron chi connectivity index (χ3n) is 7.73. The van der Waals surface area contributed by atoms with Gasteiger partial charge in [-0.3, -0.25) is 0 Å². The van der Waals surface area contributed by atoms with Crippen molar-refractivity contribution in [2.24, 2.45) is 28.6 Å². The van der Waals surface area contributed by atoms with Gasteiger partial charge in [-0.15, -0.1) is 6.42 Å². The Hall–Kier alpha value is -1.42. The van der Waals surface area contributed by atoms with E-state index in [1.54, 1.807) is 7.11 Å². The van der Waals surface area contributed by atoms with E-state index in [0.717, 1.165) is 29.9 Å². The number of terminal acetylenes is 1. The number of hydrogen-bond donors (Lipinski definition) is 0. The second-order valence-electron chi connectivity index (χ2n) is 8.46. The third-order valence-corrected chi connectivity index (χ3v) is 7.73. The van der Waals surface area contributed by atoms with Gasteiger partial charge in [0.25, 0.3) is 0 Å². The van der Waals surface area contributed by atoms with Crippen molar-refractivity contribution in [3.8, 4) is 12.3 Å². The smallest absolute Gasteiger partial charge is 0.0958 e. The van der Waals surface area contributed by atoms with E-state index >= 15 is 0 Å². The summed E-state index contributed by atoms with van der Waals surface area (Å²) in [7, 11) is 1.80. The van der Waals surface area contributed by atoms with Gasteiger partial charge in [0.05, 0.1) is 12.9 Å². The van der Waals surface area contributed by atoms with Gasteiger partial charge in [-0.25, -0.2) is 0 Å². The predicted octanol–water partition coefficient (Wildman–Crippen LogP) is 5.26. The Morgan fingerprint density at radius 2 is 1.96 bits per heavy atom. The first-order valence-electron chi connectivity index (χ1n) is 9.15. The van der Waals surface area contributed by atoms with Crippen LogP contribution in [-0.2, 0) is 4.74 Å². The van der Waals surface area contributed by atoms with Crippen LogP contribution in [0.15, 0.2) is 35.1 Å². The van der Waals surface area contributed by atoms with Gasteiger partial charge in [-0.05, 0) is 66.9 Å². The molecule has 0 aromatic carbocycles. The minimum atomic E-state index is 0.264. The van der Waals surface area contributed by atoms with Crippen LogP contribution in [0.1, 0.15) is 52.4 Å². The first kappa shape index (κ1) is 15.1. The van der Waals surface area contributed by atoms with Crippen molar-refractivity contribution in [3.63, 3.8) is 0 Å². The Kier molecular flexibility index (Phi) is 3.31. The molecule has 0 radical (unpaired) electrons. The van der Waals surface area contributed by atoms with Crippen LogP contribution in [0, 0.1) is 40.9 Å². The van der Waals surface area contributed by atoms with Crippen molar-refractivity contribution < 1.29 is 4.74 Å². The number of rotatable bonds is 1. The maximum absolute atomic E-state index is 5.80. The van der Waals surface area contributed by atoms with Crippen LogP contribution >= 0.6 is 0 Å². The fourth-order valence-electron chi connectivity index (χ4n) is 6.25. The lowest BCUT2D eigenvalue weighted by Crippen LogP contribution is -2.48. The lowest BCUT2D eigenvalue weighted by molar-refractivity contribution is -0.0101. The normalized spacial score (nSPS) is 44.8. The summed E-state index contributed by atoms with van der Waals surface area (Å²) in [5.74, 6) is 6.50. The summed E-state index contributed by atoms with van der Waals surface area (Å²) in [6, 6.07) is 0. The van der Waals surface area contributed by atoms with E-state index in [0.29, 0.717) is 5.41 Å². The van der Waals surface area contributed by atoms with Crippen LogP contribution in [-0.4, -0.2) is 7.11 Å². The molecule has 1 saturated carbocycles. The number of allylic oxidation sites excluding steroid dienone is 6. The molecule has 0 bridgehead atoms. The second kappa shape index (κ2) is 5.04. The quantitative estimate of drug-likeness (QED) is 0.600. The van der Waals surface area contributed by atoms with Gasteiger partial charge in [0.15, 0.2) is 0 Å². The standard InChI is InChI=1S/C22H28O/c1-5-15-7-9-19-18-8-6-16-14-17(23-4)10-12-22(16,3)20(18)11-13-21(15,19)2/h1,6-7,14,18-20H,8-13H2,2-4H3/t18?,19?,20?,21-,22+/m1/s1. The van der Waals surface area contributed by atoms with E-state index in [4.69, 9.17) is 11.2 Å².